The molecule has 1 fully saturated rings. The van der Waals surface area contributed by atoms with Gasteiger partial charge in [0, 0.05) is 12.6 Å². The highest BCUT2D eigenvalue weighted by Gasteiger charge is 2.19. The second-order valence-corrected chi connectivity index (χ2v) is 5.22. The van der Waals surface area contributed by atoms with Crippen molar-refractivity contribution in [1.29, 1.82) is 0 Å². The maximum atomic E-state index is 3.58. The summed E-state index contributed by atoms with van der Waals surface area (Å²) in [4.78, 5) is 2.47. The maximum absolute atomic E-state index is 3.58. The molecule has 1 aromatic rings. The smallest absolute Gasteiger partial charge is 0.0218 e. The van der Waals surface area contributed by atoms with E-state index in [1.807, 2.05) is 0 Å². The molecule has 0 bridgehead atoms. The summed E-state index contributed by atoms with van der Waals surface area (Å²) in [6, 6.07) is 9.62. The van der Waals surface area contributed by atoms with Gasteiger partial charge in [0.25, 0.3) is 0 Å². The lowest BCUT2D eigenvalue weighted by Crippen LogP contribution is -2.36. The van der Waals surface area contributed by atoms with E-state index in [0.717, 1.165) is 25.6 Å². The van der Waals surface area contributed by atoms with Gasteiger partial charge in [-0.25, -0.2) is 0 Å². The Morgan fingerprint density at radius 2 is 2.06 bits per heavy atom. The van der Waals surface area contributed by atoms with Gasteiger partial charge in [-0.2, -0.15) is 0 Å². The average molecular weight is 232 g/mol. The lowest BCUT2D eigenvalue weighted by atomic mass is 10.1. The summed E-state index contributed by atoms with van der Waals surface area (Å²) in [7, 11) is 2.24. The number of aryl methyl sites for hydroxylation is 1. The molecule has 1 saturated heterocycles. The van der Waals surface area contributed by atoms with E-state index >= 15 is 0 Å². The van der Waals surface area contributed by atoms with Crippen LogP contribution >= 0.6 is 0 Å². The number of hydrogen-bond donors (Lipinski definition) is 1. The SMILES string of the molecule is Cc1ccc(CCNCC2CCCN2C)cc1. The molecule has 2 nitrogen and oxygen atoms in total. The van der Waals surface area contributed by atoms with Crippen molar-refractivity contribution in [2.75, 3.05) is 26.7 Å². The fourth-order valence-corrected chi connectivity index (χ4v) is 2.49. The van der Waals surface area contributed by atoms with Crippen molar-refractivity contribution in [2.24, 2.45) is 0 Å². The van der Waals surface area contributed by atoms with Crippen LogP contribution in [0.25, 0.3) is 0 Å². The highest BCUT2D eigenvalue weighted by molar-refractivity contribution is 5.21. The second-order valence-electron chi connectivity index (χ2n) is 5.22. The number of likely N-dealkylation sites (tertiary alicyclic amines) is 1. The molecule has 1 aliphatic rings. The monoisotopic (exact) mass is 232 g/mol. The van der Waals surface area contributed by atoms with E-state index in [0.29, 0.717) is 0 Å². The molecule has 0 aliphatic carbocycles. The van der Waals surface area contributed by atoms with E-state index in [2.05, 4.69) is 48.5 Å². The van der Waals surface area contributed by atoms with Gasteiger partial charge in [-0.05, 0) is 51.9 Å². The van der Waals surface area contributed by atoms with Crippen molar-refractivity contribution in [2.45, 2.75) is 32.2 Å². The summed E-state index contributed by atoms with van der Waals surface area (Å²) in [5, 5.41) is 3.58. The largest absolute Gasteiger partial charge is 0.315 e. The van der Waals surface area contributed by atoms with E-state index in [1.54, 1.807) is 0 Å². The van der Waals surface area contributed by atoms with Crippen LogP contribution in [0.2, 0.25) is 0 Å². The van der Waals surface area contributed by atoms with Crippen LogP contribution in [0.1, 0.15) is 24.0 Å². The van der Waals surface area contributed by atoms with E-state index in [-0.39, 0.29) is 0 Å². The van der Waals surface area contributed by atoms with Gasteiger partial charge >= 0.3 is 0 Å². The zero-order valence-electron chi connectivity index (χ0n) is 11.1. The molecule has 2 rings (SSSR count). The molecular formula is C15H24N2. The van der Waals surface area contributed by atoms with Crippen molar-refractivity contribution in [3.05, 3.63) is 35.4 Å². The summed E-state index contributed by atoms with van der Waals surface area (Å²) < 4.78 is 0. The van der Waals surface area contributed by atoms with Crippen molar-refractivity contribution < 1.29 is 0 Å². The maximum Gasteiger partial charge on any atom is 0.0218 e. The Kier molecular flexibility index (Phi) is 4.57. The first-order chi connectivity index (χ1) is 8.25. The second kappa shape index (κ2) is 6.18. The van der Waals surface area contributed by atoms with Gasteiger partial charge < -0.3 is 10.2 Å². The molecule has 1 N–H and O–H groups in total. The molecule has 1 aliphatic heterocycles. The summed E-state index contributed by atoms with van der Waals surface area (Å²) in [6.07, 6.45) is 3.85. The minimum absolute atomic E-state index is 0.757. The molecule has 0 amide bonds. The summed E-state index contributed by atoms with van der Waals surface area (Å²) in [6.45, 7) is 5.64. The minimum Gasteiger partial charge on any atom is -0.315 e. The highest BCUT2D eigenvalue weighted by atomic mass is 15.2. The van der Waals surface area contributed by atoms with Gasteiger partial charge in [0.15, 0.2) is 0 Å². The molecule has 94 valence electrons. The van der Waals surface area contributed by atoms with Gasteiger partial charge in [0.2, 0.25) is 0 Å². The molecule has 17 heavy (non-hydrogen) atoms. The first-order valence-corrected chi connectivity index (χ1v) is 6.72. The Labute approximate surface area is 105 Å². The molecule has 0 radical (unpaired) electrons. The Hall–Kier alpha value is -0.860. The van der Waals surface area contributed by atoms with Crippen molar-refractivity contribution in [3.63, 3.8) is 0 Å². The molecular weight excluding hydrogens is 208 g/mol. The lowest BCUT2D eigenvalue weighted by molar-refractivity contribution is 0.301. The van der Waals surface area contributed by atoms with Gasteiger partial charge in [0.05, 0.1) is 0 Å². The average Bonchev–Trinajstić information content (AvgIpc) is 2.73. The molecule has 0 saturated carbocycles. The van der Waals surface area contributed by atoms with E-state index in [4.69, 9.17) is 0 Å². The first-order valence-electron chi connectivity index (χ1n) is 6.72. The van der Waals surface area contributed by atoms with Crippen LogP contribution in [0.4, 0.5) is 0 Å². The molecule has 1 atom stereocenters. The predicted molar refractivity (Wildman–Crippen MR) is 73.4 cm³/mol. The number of rotatable bonds is 5. The number of benzene rings is 1. The molecule has 1 heterocycles. The standard InChI is InChI=1S/C15H24N2/c1-13-5-7-14(8-6-13)9-10-16-12-15-4-3-11-17(15)2/h5-8,15-16H,3-4,9-12H2,1-2H3. The molecule has 1 unspecified atom stereocenters. The quantitative estimate of drug-likeness (QED) is 0.783. The summed E-state index contributed by atoms with van der Waals surface area (Å²) in [5.41, 5.74) is 2.78. The Morgan fingerprint density at radius 1 is 1.29 bits per heavy atom. The minimum atomic E-state index is 0.757. The van der Waals surface area contributed by atoms with Crippen LogP contribution in [0, 0.1) is 6.92 Å². The zero-order valence-corrected chi connectivity index (χ0v) is 11.1. The van der Waals surface area contributed by atoms with E-state index in [1.165, 1.54) is 30.5 Å². The fourth-order valence-electron chi connectivity index (χ4n) is 2.49. The third-order valence-corrected chi connectivity index (χ3v) is 3.76. The number of hydrogen-bond acceptors (Lipinski definition) is 2. The summed E-state index contributed by atoms with van der Waals surface area (Å²) >= 11 is 0. The number of nitrogens with zero attached hydrogens (tertiary/aromatic N) is 1. The Balaban J connectivity index is 1.64. The molecule has 0 aromatic heterocycles. The predicted octanol–water partition coefficient (Wildman–Crippen LogP) is 2.22. The topological polar surface area (TPSA) is 15.3 Å². The number of nitrogens with one attached hydrogen (secondary N) is 1. The van der Waals surface area contributed by atoms with Crippen LogP contribution in [0.5, 0.6) is 0 Å². The number of likely N-dealkylation sites (N-methyl/N-ethyl adjacent to an activating group) is 1. The Bertz CT molecular complexity index is 331. The van der Waals surface area contributed by atoms with Crippen LogP contribution in [-0.4, -0.2) is 37.6 Å². The van der Waals surface area contributed by atoms with Crippen LogP contribution < -0.4 is 5.32 Å². The molecule has 0 spiro atoms. The third kappa shape index (κ3) is 3.83. The van der Waals surface area contributed by atoms with Crippen LogP contribution in [0.3, 0.4) is 0 Å². The highest BCUT2D eigenvalue weighted by Crippen LogP contribution is 2.13. The van der Waals surface area contributed by atoms with Gasteiger partial charge in [0.1, 0.15) is 0 Å². The van der Waals surface area contributed by atoms with Crippen LogP contribution in [0.15, 0.2) is 24.3 Å². The van der Waals surface area contributed by atoms with Gasteiger partial charge in [-0.15, -0.1) is 0 Å². The summed E-state index contributed by atoms with van der Waals surface area (Å²) in [5.74, 6) is 0. The molecule has 2 heteroatoms. The van der Waals surface area contributed by atoms with Crippen molar-refractivity contribution >= 4 is 0 Å². The van der Waals surface area contributed by atoms with E-state index < -0.39 is 0 Å². The zero-order chi connectivity index (χ0) is 12.1. The first kappa shape index (κ1) is 12.6. The normalized spacial score (nSPS) is 20.9. The van der Waals surface area contributed by atoms with Crippen LogP contribution in [-0.2, 0) is 6.42 Å². The van der Waals surface area contributed by atoms with Gasteiger partial charge in [-0.1, -0.05) is 29.8 Å². The Morgan fingerprint density at radius 3 is 2.71 bits per heavy atom. The van der Waals surface area contributed by atoms with E-state index in [9.17, 15) is 0 Å². The molecule has 1 aromatic carbocycles. The van der Waals surface area contributed by atoms with Crippen molar-refractivity contribution in [1.82, 2.24) is 10.2 Å². The van der Waals surface area contributed by atoms with Crippen molar-refractivity contribution in [3.8, 4) is 0 Å². The fraction of sp³-hybridized carbons (Fsp3) is 0.600. The van der Waals surface area contributed by atoms with Gasteiger partial charge in [-0.3, -0.25) is 0 Å². The third-order valence-electron chi connectivity index (χ3n) is 3.76. The lowest BCUT2D eigenvalue weighted by Gasteiger charge is -2.19.